The van der Waals surface area contributed by atoms with Gasteiger partial charge in [-0.2, -0.15) is 17.9 Å². The molecule has 1 aliphatic heterocycles. The SMILES string of the molecule is N#CC1(S)CCNCC1. The monoisotopic (exact) mass is 142 g/mol. The highest BCUT2D eigenvalue weighted by atomic mass is 32.1. The molecule has 3 heteroatoms. The number of hydrogen-bond donors (Lipinski definition) is 2. The molecule has 0 spiro atoms. The average molecular weight is 142 g/mol. The average Bonchev–Trinajstić information content (AvgIpc) is 1.90. The van der Waals surface area contributed by atoms with E-state index in [2.05, 4.69) is 24.0 Å². The second-order valence-corrected chi connectivity index (χ2v) is 3.25. The number of rotatable bonds is 0. The van der Waals surface area contributed by atoms with Crippen LogP contribution < -0.4 is 5.32 Å². The molecule has 0 aromatic carbocycles. The van der Waals surface area contributed by atoms with Crippen LogP contribution >= 0.6 is 12.6 Å². The first-order valence-corrected chi connectivity index (χ1v) is 3.56. The van der Waals surface area contributed by atoms with E-state index in [1.807, 2.05) is 0 Å². The standard InChI is InChI=1S/C6H10N2S/c7-5-6(9)1-3-8-4-2-6/h8-9H,1-4H2. The summed E-state index contributed by atoms with van der Waals surface area (Å²) in [5.41, 5.74) is 0. The van der Waals surface area contributed by atoms with Gasteiger partial charge in [-0.25, -0.2) is 0 Å². The summed E-state index contributed by atoms with van der Waals surface area (Å²) in [4.78, 5) is 0. The number of hydrogen-bond acceptors (Lipinski definition) is 3. The molecule has 0 saturated carbocycles. The minimum absolute atomic E-state index is 0.342. The van der Waals surface area contributed by atoms with Crippen LogP contribution in [0.2, 0.25) is 0 Å². The van der Waals surface area contributed by atoms with Gasteiger partial charge >= 0.3 is 0 Å². The zero-order chi connectivity index (χ0) is 6.74. The van der Waals surface area contributed by atoms with E-state index in [1.54, 1.807) is 0 Å². The molecule has 1 aliphatic rings. The van der Waals surface area contributed by atoms with Crippen molar-refractivity contribution in [2.75, 3.05) is 13.1 Å². The lowest BCUT2D eigenvalue weighted by Gasteiger charge is -2.25. The van der Waals surface area contributed by atoms with Gasteiger partial charge in [0.15, 0.2) is 0 Å². The summed E-state index contributed by atoms with van der Waals surface area (Å²) in [6.07, 6.45) is 1.74. The lowest BCUT2D eigenvalue weighted by Crippen LogP contribution is -2.36. The highest BCUT2D eigenvalue weighted by Gasteiger charge is 2.26. The minimum atomic E-state index is -0.342. The second kappa shape index (κ2) is 2.59. The van der Waals surface area contributed by atoms with Crippen LogP contribution in [0, 0.1) is 11.3 Å². The van der Waals surface area contributed by atoms with E-state index in [0.29, 0.717) is 0 Å². The summed E-state index contributed by atoms with van der Waals surface area (Å²) in [6, 6.07) is 2.20. The quantitative estimate of drug-likeness (QED) is 0.485. The van der Waals surface area contributed by atoms with Crippen molar-refractivity contribution >= 4 is 12.6 Å². The van der Waals surface area contributed by atoms with Crippen molar-refractivity contribution in [1.29, 1.82) is 5.26 Å². The van der Waals surface area contributed by atoms with Crippen molar-refractivity contribution in [3.05, 3.63) is 0 Å². The van der Waals surface area contributed by atoms with Gasteiger partial charge in [0.2, 0.25) is 0 Å². The molecule has 0 atom stereocenters. The maximum atomic E-state index is 8.60. The van der Waals surface area contributed by atoms with E-state index >= 15 is 0 Å². The Hall–Kier alpha value is -0.200. The van der Waals surface area contributed by atoms with Crippen LogP contribution in [0.5, 0.6) is 0 Å². The first-order valence-electron chi connectivity index (χ1n) is 3.11. The van der Waals surface area contributed by atoms with Crippen LogP contribution in [0.1, 0.15) is 12.8 Å². The van der Waals surface area contributed by atoms with E-state index in [9.17, 15) is 0 Å². The Morgan fingerprint density at radius 2 is 2.00 bits per heavy atom. The Bertz CT molecular complexity index is 132. The Labute approximate surface area is 60.7 Å². The number of nitriles is 1. The van der Waals surface area contributed by atoms with Crippen LogP contribution in [0.3, 0.4) is 0 Å². The van der Waals surface area contributed by atoms with Crippen molar-refractivity contribution in [2.45, 2.75) is 17.6 Å². The first-order chi connectivity index (χ1) is 4.27. The van der Waals surface area contributed by atoms with Gasteiger partial charge in [0.25, 0.3) is 0 Å². The van der Waals surface area contributed by atoms with Gasteiger partial charge in [0.05, 0.1) is 6.07 Å². The van der Waals surface area contributed by atoms with Crippen molar-refractivity contribution in [3.63, 3.8) is 0 Å². The Kier molecular flexibility index (Phi) is 1.99. The highest BCUT2D eigenvalue weighted by molar-refractivity contribution is 7.82. The molecule has 0 aromatic rings. The predicted molar refractivity (Wildman–Crippen MR) is 39.4 cm³/mol. The summed E-state index contributed by atoms with van der Waals surface area (Å²) in [5.74, 6) is 0. The molecule has 1 heterocycles. The third-order valence-electron chi connectivity index (χ3n) is 1.64. The summed E-state index contributed by atoms with van der Waals surface area (Å²) < 4.78 is -0.342. The smallest absolute Gasteiger partial charge is 0.102 e. The number of thiol groups is 1. The second-order valence-electron chi connectivity index (χ2n) is 2.39. The van der Waals surface area contributed by atoms with Gasteiger partial charge < -0.3 is 5.32 Å². The fourth-order valence-corrected chi connectivity index (χ4v) is 1.18. The summed E-state index contributed by atoms with van der Waals surface area (Å²) in [7, 11) is 0. The van der Waals surface area contributed by atoms with Crippen LogP contribution in [0.4, 0.5) is 0 Å². The molecule has 1 fully saturated rings. The largest absolute Gasteiger partial charge is 0.317 e. The number of nitrogens with zero attached hydrogens (tertiary/aromatic N) is 1. The maximum absolute atomic E-state index is 8.60. The van der Waals surface area contributed by atoms with Gasteiger partial charge in [-0.3, -0.25) is 0 Å². The Balaban J connectivity index is 2.49. The van der Waals surface area contributed by atoms with Crippen molar-refractivity contribution < 1.29 is 0 Å². The molecular formula is C6H10N2S. The Morgan fingerprint density at radius 1 is 1.44 bits per heavy atom. The zero-order valence-corrected chi connectivity index (χ0v) is 6.12. The highest BCUT2D eigenvalue weighted by Crippen LogP contribution is 2.23. The lowest BCUT2D eigenvalue weighted by atomic mass is 9.99. The van der Waals surface area contributed by atoms with E-state index in [-0.39, 0.29) is 4.75 Å². The molecule has 0 bridgehead atoms. The molecular weight excluding hydrogens is 132 g/mol. The van der Waals surface area contributed by atoms with E-state index in [4.69, 9.17) is 5.26 Å². The van der Waals surface area contributed by atoms with E-state index in [0.717, 1.165) is 25.9 Å². The van der Waals surface area contributed by atoms with Crippen LogP contribution in [0.15, 0.2) is 0 Å². The molecule has 2 nitrogen and oxygen atoms in total. The molecule has 9 heavy (non-hydrogen) atoms. The summed E-state index contributed by atoms with van der Waals surface area (Å²) >= 11 is 4.25. The van der Waals surface area contributed by atoms with Crippen LogP contribution in [0.25, 0.3) is 0 Å². The topological polar surface area (TPSA) is 35.8 Å². The van der Waals surface area contributed by atoms with Crippen LogP contribution in [-0.4, -0.2) is 17.8 Å². The molecule has 0 unspecified atom stereocenters. The molecule has 0 radical (unpaired) electrons. The third kappa shape index (κ3) is 1.60. The lowest BCUT2D eigenvalue weighted by molar-refractivity contribution is 0.478. The van der Waals surface area contributed by atoms with E-state index < -0.39 is 0 Å². The Morgan fingerprint density at radius 3 is 2.33 bits per heavy atom. The fraction of sp³-hybridized carbons (Fsp3) is 0.833. The number of piperidine rings is 1. The third-order valence-corrected chi connectivity index (χ3v) is 2.19. The molecule has 1 rings (SSSR count). The van der Waals surface area contributed by atoms with Gasteiger partial charge in [0.1, 0.15) is 4.75 Å². The summed E-state index contributed by atoms with van der Waals surface area (Å²) in [5, 5.41) is 11.8. The molecule has 50 valence electrons. The normalized spacial score (nSPS) is 24.9. The van der Waals surface area contributed by atoms with E-state index in [1.165, 1.54) is 0 Å². The van der Waals surface area contributed by atoms with Crippen molar-refractivity contribution in [1.82, 2.24) is 5.32 Å². The minimum Gasteiger partial charge on any atom is -0.317 e. The fourth-order valence-electron chi connectivity index (χ4n) is 0.952. The van der Waals surface area contributed by atoms with Gasteiger partial charge in [-0.15, -0.1) is 0 Å². The zero-order valence-electron chi connectivity index (χ0n) is 5.22. The van der Waals surface area contributed by atoms with Crippen molar-refractivity contribution in [3.8, 4) is 6.07 Å². The molecule has 1 N–H and O–H groups in total. The number of nitrogens with one attached hydrogen (secondary N) is 1. The van der Waals surface area contributed by atoms with Gasteiger partial charge in [-0.1, -0.05) is 0 Å². The predicted octanol–water partition coefficient (Wildman–Crippen LogP) is 0.562. The van der Waals surface area contributed by atoms with Crippen molar-refractivity contribution in [2.24, 2.45) is 0 Å². The van der Waals surface area contributed by atoms with Gasteiger partial charge in [0, 0.05) is 0 Å². The molecule has 0 aromatic heterocycles. The maximum Gasteiger partial charge on any atom is 0.102 e. The summed E-state index contributed by atoms with van der Waals surface area (Å²) in [6.45, 7) is 1.86. The molecule has 0 aliphatic carbocycles. The van der Waals surface area contributed by atoms with Crippen LogP contribution in [-0.2, 0) is 0 Å². The van der Waals surface area contributed by atoms with Gasteiger partial charge in [-0.05, 0) is 25.9 Å². The first kappa shape index (κ1) is 6.91. The molecule has 0 amide bonds. The molecule has 1 saturated heterocycles.